The lowest BCUT2D eigenvalue weighted by atomic mass is 10.3. The number of fused-ring (bicyclic) bond motifs is 3. The number of nitrogens with one attached hydrogen (secondary N) is 1. The molecule has 0 aliphatic heterocycles. The van der Waals surface area contributed by atoms with E-state index in [9.17, 15) is 4.79 Å². The third-order valence-corrected chi connectivity index (χ3v) is 4.18. The first-order chi connectivity index (χ1) is 13.7. The molecule has 0 aliphatic carbocycles. The topological polar surface area (TPSA) is 129 Å². The van der Waals surface area contributed by atoms with Crippen LogP contribution in [0.4, 0.5) is 0 Å². The Morgan fingerprint density at radius 2 is 2.14 bits per heavy atom. The quantitative estimate of drug-likeness (QED) is 0.487. The Bertz CT molecular complexity index is 1350. The first-order valence-corrected chi connectivity index (χ1v) is 8.33. The van der Waals surface area contributed by atoms with Gasteiger partial charge in [-0.25, -0.2) is 9.55 Å². The average Bonchev–Trinajstić information content (AvgIpc) is 3.36. The molecule has 0 atom stereocenters. The maximum atomic E-state index is 13.0. The van der Waals surface area contributed by atoms with Crippen molar-refractivity contribution in [1.82, 2.24) is 44.3 Å². The highest BCUT2D eigenvalue weighted by atomic mass is 16.5. The Morgan fingerprint density at radius 1 is 1.21 bits per heavy atom. The van der Waals surface area contributed by atoms with Crippen LogP contribution in [0.25, 0.3) is 34.0 Å². The van der Waals surface area contributed by atoms with Gasteiger partial charge in [0.2, 0.25) is 0 Å². The highest BCUT2D eigenvalue weighted by Crippen LogP contribution is 2.15. The molecule has 11 heteroatoms. The lowest BCUT2D eigenvalue weighted by molar-refractivity contribution is 0.178. The summed E-state index contributed by atoms with van der Waals surface area (Å²) < 4.78 is 7.92. The summed E-state index contributed by atoms with van der Waals surface area (Å²) in [6.07, 6.45) is 6.41. The zero-order valence-corrected chi connectivity index (χ0v) is 14.6. The van der Waals surface area contributed by atoms with Gasteiger partial charge in [-0.2, -0.15) is 14.5 Å². The predicted octanol–water partition coefficient (Wildman–Crippen LogP) is 0.755. The molecule has 11 nitrogen and oxygen atoms in total. The van der Waals surface area contributed by atoms with Gasteiger partial charge in [0.15, 0.2) is 11.6 Å². The number of ether oxygens (including phenoxy) is 1. The Balaban J connectivity index is 1.63. The number of H-pyrrole nitrogens is 1. The van der Waals surface area contributed by atoms with Gasteiger partial charge in [0.05, 0.1) is 10.9 Å². The van der Waals surface area contributed by atoms with Crippen molar-refractivity contribution in [3.63, 3.8) is 0 Å². The van der Waals surface area contributed by atoms with E-state index < -0.39 is 0 Å². The van der Waals surface area contributed by atoms with Crippen molar-refractivity contribution >= 4 is 16.7 Å². The predicted molar refractivity (Wildman–Crippen MR) is 97.8 cm³/mol. The second-order valence-electron chi connectivity index (χ2n) is 5.95. The molecule has 0 amide bonds. The fourth-order valence-corrected chi connectivity index (χ4v) is 2.90. The molecule has 0 bridgehead atoms. The Kier molecular flexibility index (Phi) is 3.66. The maximum absolute atomic E-state index is 13.0. The standard InChI is InChI=1S/C17H13N9O2/c1-28-9-13-20-16-19-8-11-12(26(16)24-13)4-6-25(15(11)27)17-21-14(22-23-17)10-3-2-5-18-7-10/h2-8H,9H2,1H3,(H,21,22,23). The number of aromatic amines is 1. The molecule has 5 rings (SSSR count). The molecule has 0 aliphatic rings. The van der Waals surface area contributed by atoms with Crippen molar-refractivity contribution < 1.29 is 4.74 Å². The largest absolute Gasteiger partial charge is 0.377 e. The second kappa shape index (κ2) is 6.32. The molecule has 5 aromatic rings. The first kappa shape index (κ1) is 16.2. The summed E-state index contributed by atoms with van der Waals surface area (Å²) in [6.45, 7) is 0.260. The van der Waals surface area contributed by atoms with Crippen LogP contribution >= 0.6 is 0 Å². The molecule has 5 aromatic heterocycles. The van der Waals surface area contributed by atoms with Gasteiger partial charge in [-0.05, 0) is 18.2 Å². The van der Waals surface area contributed by atoms with Crippen LogP contribution < -0.4 is 5.56 Å². The van der Waals surface area contributed by atoms with Crippen LogP contribution in [0.1, 0.15) is 5.82 Å². The molecule has 0 saturated carbocycles. The first-order valence-electron chi connectivity index (χ1n) is 8.33. The van der Waals surface area contributed by atoms with E-state index in [1.165, 1.54) is 15.3 Å². The van der Waals surface area contributed by atoms with Gasteiger partial charge < -0.3 is 4.74 Å². The fraction of sp³-hybridized carbons (Fsp3) is 0.118. The number of hydrogen-bond donors (Lipinski definition) is 1. The van der Waals surface area contributed by atoms with Crippen LogP contribution in [0.3, 0.4) is 0 Å². The third-order valence-electron chi connectivity index (χ3n) is 4.18. The van der Waals surface area contributed by atoms with Crippen molar-refractivity contribution in [2.24, 2.45) is 0 Å². The molecule has 1 N–H and O–H groups in total. The lowest BCUT2D eigenvalue weighted by Crippen LogP contribution is -2.20. The molecule has 138 valence electrons. The van der Waals surface area contributed by atoms with Crippen LogP contribution in [0.15, 0.2) is 47.8 Å². The van der Waals surface area contributed by atoms with Crippen LogP contribution in [-0.2, 0) is 11.3 Å². The highest BCUT2D eigenvalue weighted by molar-refractivity contribution is 5.78. The maximum Gasteiger partial charge on any atom is 0.268 e. The molecular formula is C17H13N9O2. The Hall–Kier alpha value is -3.99. The van der Waals surface area contributed by atoms with Gasteiger partial charge in [-0.3, -0.25) is 14.9 Å². The SMILES string of the molecule is COCc1nc2ncc3c(=O)n(-c4n[nH]c(-c5cccnc5)n4)ccc3n2n1. The molecule has 0 unspecified atom stereocenters. The van der Waals surface area contributed by atoms with E-state index >= 15 is 0 Å². The van der Waals surface area contributed by atoms with E-state index in [1.807, 2.05) is 6.07 Å². The fourth-order valence-electron chi connectivity index (χ4n) is 2.90. The van der Waals surface area contributed by atoms with Crippen molar-refractivity contribution in [2.45, 2.75) is 6.61 Å². The number of hydrogen-bond acceptors (Lipinski definition) is 8. The van der Waals surface area contributed by atoms with Crippen LogP contribution in [-0.4, -0.2) is 51.4 Å². The van der Waals surface area contributed by atoms with Gasteiger partial charge >= 0.3 is 0 Å². The number of aromatic nitrogens is 9. The number of methoxy groups -OCH3 is 1. The van der Waals surface area contributed by atoms with Crippen molar-refractivity contribution in [3.05, 3.63) is 59.2 Å². The second-order valence-corrected chi connectivity index (χ2v) is 5.95. The monoisotopic (exact) mass is 375 g/mol. The van der Waals surface area contributed by atoms with Crippen molar-refractivity contribution in [3.8, 4) is 17.3 Å². The zero-order chi connectivity index (χ0) is 19.1. The minimum atomic E-state index is -0.313. The summed E-state index contributed by atoms with van der Waals surface area (Å²) in [6, 6.07) is 5.40. The summed E-state index contributed by atoms with van der Waals surface area (Å²) in [4.78, 5) is 29.9. The Morgan fingerprint density at radius 3 is 2.96 bits per heavy atom. The highest BCUT2D eigenvalue weighted by Gasteiger charge is 2.14. The minimum Gasteiger partial charge on any atom is -0.377 e. The number of pyridine rings is 2. The average molecular weight is 375 g/mol. The third kappa shape index (κ3) is 2.53. The van der Waals surface area contributed by atoms with E-state index in [0.717, 1.165) is 5.56 Å². The molecule has 0 aromatic carbocycles. The zero-order valence-electron chi connectivity index (χ0n) is 14.6. The molecule has 5 heterocycles. The van der Waals surface area contributed by atoms with Crippen LogP contribution in [0.2, 0.25) is 0 Å². The molecule has 0 saturated heterocycles. The van der Waals surface area contributed by atoms with E-state index in [1.54, 1.807) is 37.8 Å². The van der Waals surface area contributed by atoms with Crippen molar-refractivity contribution in [2.75, 3.05) is 7.11 Å². The van der Waals surface area contributed by atoms with Gasteiger partial charge in [0.25, 0.3) is 17.3 Å². The summed E-state index contributed by atoms with van der Waals surface area (Å²) in [5.74, 6) is 1.63. The van der Waals surface area contributed by atoms with Crippen LogP contribution in [0.5, 0.6) is 0 Å². The molecule has 0 fully saturated rings. The van der Waals surface area contributed by atoms with Gasteiger partial charge in [0.1, 0.15) is 6.61 Å². The van der Waals surface area contributed by atoms with E-state index in [4.69, 9.17) is 4.74 Å². The smallest absolute Gasteiger partial charge is 0.268 e. The lowest BCUT2D eigenvalue weighted by Gasteiger charge is -2.03. The molecule has 0 radical (unpaired) electrons. The van der Waals surface area contributed by atoms with Gasteiger partial charge in [-0.1, -0.05) is 0 Å². The summed E-state index contributed by atoms with van der Waals surface area (Å²) in [5, 5.41) is 11.7. The van der Waals surface area contributed by atoms with Gasteiger partial charge in [0, 0.05) is 37.5 Å². The molecule has 0 spiro atoms. The van der Waals surface area contributed by atoms with E-state index in [2.05, 4.69) is 35.2 Å². The van der Waals surface area contributed by atoms with Crippen molar-refractivity contribution in [1.29, 1.82) is 0 Å². The van der Waals surface area contributed by atoms with Crippen LogP contribution in [0, 0.1) is 0 Å². The summed E-state index contributed by atoms with van der Waals surface area (Å²) >= 11 is 0. The molecule has 28 heavy (non-hydrogen) atoms. The van der Waals surface area contributed by atoms with E-state index in [-0.39, 0.29) is 18.1 Å². The number of nitrogens with zero attached hydrogens (tertiary/aromatic N) is 8. The van der Waals surface area contributed by atoms with E-state index in [0.29, 0.717) is 28.3 Å². The Labute approximate surface area is 156 Å². The summed E-state index contributed by atoms with van der Waals surface area (Å²) in [7, 11) is 1.56. The minimum absolute atomic E-state index is 0.226. The normalized spacial score (nSPS) is 11.5. The van der Waals surface area contributed by atoms with Gasteiger partial charge in [-0.15, -0.1) is 10.2 Å². The summed E-state index contributed by atoms with van der Waals surface area (Å²) in [5.41, 5.74) is 1.04. The number of rotatable bonds is 4. The molecular weight excluding hydrogens is 362 g/mol.